The number of benzene rings is 1. The Hall–Kier alpha value is -2.76. The van der Waals surface area contributed by atoms with Crippen LogP contribution in [0.5, 0.6) is 11.5 Å². The lowest BCUT2D eigenvalue weighted by atomic mass is 9.99. The first-order valence-corrected chi connectivity index (χ1v) is 6.41. The zero-order valence-electron chi connectivity index (χ0n) is 11.1. The van der Waals surface area contributed by atoms with Gasteiger partial charge in [0.05, 0.1) is 6.08 Å². The van der Waals surface area contributed by atoms with Crippen LogP contribution in [0.15, 0.2) is 35.0 Å². The molecule has 1 aromatic rings. The average Bonchev–Trinajstić information content (AvgIpc) is 2.51. The lowest BCUT2D eigenvalue weighted by molar-refractivity contribution is -0.112. The zero-order chi connectivity index (χ0) is 14.8. The highest BCUT2D eigenvalue weighted by Gasteiger charge is 2.33. The van der Waals surface area contributed by atoms with Gasteiger partial charge in [0.25, 0.3) is 0 Å². The van der Waals surface area contributed by atoms with Gasteiger partial charge >= 0.3 is 5.71 Å². The van der Waals surface area contributed by atoms with Gasteiger partial charge in [-0.25, -0.2) is 4.99 Å². The minimum atomic E-state index is -0.264. The first-order valence-electron chi connectivity index (χ1n) is 6.41. The normalized spacial score (nSPS) is 16.0. The van der Waals surface area contributed by atoms with E-state index in [9.17, 15) is 4.79 Å². The Labute approximate surface area is 120 Å². The Balaban J connectivity index is 2.08. The number of nitrogens with two attached hydrogens (primary N) is 1. The summed E-state index contributed by atoms with van der Waals surface area (Å²) in [6.07, 6.45) is 1.49. The van der Waals surface area contributed by atoms with Crippen LogP contribution in [0.1, 0.15) is 6.42 Å². The Kier molecular flexibility index (Phi) is 3.35. The molecule has 1 aliphatic heterocycles. The maximum atomic E-state index is 12.0. The minimum Gasteiger partial charge on any atom is -0.490 e. The fourth-order valence-electron chi connectivity index (χ4n) is 2.13. The molecule has 0 saturated carbocycles. The molecule has 1 heterocycles. The molecule has 0 atom stereocenters. The first kappa shape index (κ1) is 13.2. The van der Waals surface area contributed by atoms with Crippen molar-refractivity contribution in [2.45, 2.75) is 6.42 Å². The van der Waals surface area contributed by atoms with E-state index in [0.29, 0.717) is 30.3 Å². The van der Waals surface area contributed by atoms with Crippen LogP contribution in [-0.4, -0.2) is 35.1 Å². The molecule has 1 aliphatic carbocycles. The van der Waals surface area contributed by atoms with Crippen molar-refractivity contribution in [3.63, 3.8) is 0 Å². The number of allylic oxidation sites excluding steroid dienone is 2. The van der Waals surface area contributed by atoms with Crippen molar-refractivity contribution in [2.75, 3.05) is 13.2 Å². The zero-order valence-corrected chi connectivity index (χ0v) is 11.1. The fraction of sp³-hybridized carbons (Fsp3) is 0.214. The van der Waals surface area contributed by atoms with Gasteiger partial charge in [-0.3, -0.25) is 4.79 Å². The Morgan fingerprint density at radius 2 is 2.33 bits per heavy atom. The number of aliphatic imine (C=N–C) groups is 1. The Morgan fingerprint density at radius 3 is 3.10 bits per heavy atom. The SMILES string of the molecule is [N-]=[N+]=C1C=C2Oc3cccc(OCCN)c3N=C2C(=O)C1. The second-order valence-electron chi connectivity index (χ2n) is 4.50. The maximum absolute atomic E-state index is 12.0. The van der Waals surface area contributed by atoms with Crippen LogP contribution in [0.4, 0.5) is 5.69 Å². The summed E-state index contributed by atoms with van der Waals surface area (Å²) in [6.45, 7) is 0.723. The third kappa shape index (κ3) is 2.35. The summed E-state index contributed by atoms with van der Waals surface area (Å²) >= 11 is 0. The first-order chi connectivity index (χ1) is 10.2. The summed E-state index contributed by atoms with van der Waals surface area (Å²) < 4.78 is 11.2. The number of para-hydroxylation sites is 1. The molecule has 21 heavy (non-hydrogen) atoms. The van der Waals surface area contributed by atoms with Gasteiger partial charge in [-0.05, 0) is 12.1 Å². The predicted molar refractivity (Wildman–Crippen MR) is 75.0 cm³/mol. The number of nitrogens with zero attached hydrogens (tertiary/aromatic N) is 3. The van der Waals surface area contributed by atoms with Gasteiger partial charge in [0.2, 0.25) is 0 Å². The van der Waals surface area contributed by atoms with Gasteiger partial charge in [-0.15, -0.1) is 0 Å². The number of hydrogen-bond acceptors (Lipinski definition) is 5. The highest BCUT2D eigenvalue weighted by molar-refractivity contribution is 6.51. The molecule has 0 radical (unpaired) electrons. The quantitative estimate of drug-likeness (QED) is 0.659. The van der Waals surface area contributed by atoms with Gasteiger partial charge < -0.3 is 20.7 Å². The summed E-state index contributed by atoms with van der Waals surface area (Å²) in [5.74, 6) is 1.01. The third-order valence-electron chi connectivity index (χ3n) is 3.05. The second-order valence-corrected chi connectivity index (χ2v) is 4.50. The molecule has 106 valence electrons. The van der Waals surface area contributed by atoms with Gasteiger partial charge in [0, 0.05) is 6.54 Å². The highest BCUT2D eigenvalue weighted by Crippen LogP contribution is 2.42. The number of hydrogen-bond donors (Lipinski definition) is 1. The van der Waals surface area contributed by atoms with Gasteiger partial charge in [-0.2, -0.15) is 4.79 Å². The van der Waals surface area contributed by atoms with Crippen molar-refractivity contribution < 1.29 is 19.1 Å². The lowest BCUT2D eigenvalue weighted by Gasteiger charge is -2.21. The number of carbonyl (C=O) groups excluding carboxylic acids is 1. The van der Waals surface area contributed by atoms with E-state index in [0.717, 1.165) is 0 Å². The molecule has 7 heteroatoms. The third-order valence-corrected chi connectivity index (χ3v) is 3.05. The summed E-state index contributed by atoms with van der Waals surface area (Å²) in [4.78, 5) is 19.4. The molecule has 0 fully saturated rings. The largest absolute Gasteiger partial charge is 0.490 e. The molecule has 2 aliphatic rings. The van der Waals surface area contributed by atoms with Crippen molar-refractivity contribution in [1.82, 2.24) is 0 Å². The van der Waals surface area contributed by atoms with Gasteiger partial charge in [0.15, 0.2) is 23.0 Å². The topological polar surface area (TPSA) is 110 Å². The van der Waals surface area contributed by atoms with Crippen molar-refractivity contribution >= 4 is 22.9 Å². The van der Waals surface area contributed by atoms with E-state index in [1.807, 2.05) is 0 Å². The highest BCUT2D eigenvalue weighted by atomic mass is 16.5. The summed E-state index contributed by atoms with van der Waals surface area (Å²) in [6, 6.07) is 5.22. The van der Waals surface area contributed by atoms with Gasteiger partial charge in [0.1, 0.15) is 24.5 Å². The van der Waals surface area contributed by atoms with Crippen LogP contribution < -0.4 is 15.2 Å². The molecule has 1 aromatic carbocycles. The molecule has 2 N–H and O–H groups in total. The molecular formula is C14H12N4O3. The second kappa shape index (κ2) is 5.32. The molecular weight excluding hydrogens is 272 g/mol. The van der Waals surface area contributed by atoms with E-state index < -0.39 is 0 Å². The van der Waals surface area contributed by atoms with E-state index >= 15 is 0 Å². The van der Waals surface area contributed by atoms with Crippen molar-refractivity contribution in [3.8, 4) is 11.5 Å². The van der Waals surface area contributed by atoms with Crippen LogP contribution >= 0.6 is 0 Å². The van der Waals surface area contributed by atoms with Gasteiger partial charge in [-0.1, -0.05) is 6.07 Å². The van der Waals surface area contributed by atoms with E-state index in [4.69, 9.17) is 20.7 Å². The number of rotatable bonds is 3. The molecule has 0 spiro atoms. The molecule has 0 amide bonds. The number of Topliss-reactive ketones (excluding diaryl/α,β-unsaturated/α-hetero) is 1. The average molecular weight is 284 g/mol. The smallest absolute Gasteiger partial charge is 0.303 e. The van der Waals surface area contributed by atoms with Crippen LogP contribution in [0.2, 0.25) is 0 Å². The lowest BCUT2D eigenvalue weighted by Crippen LogP contribution is -2.29. The standard InChI is InChI=1S/C14H12N4O3/c15-4-5-20-10-2-1-3-11-14(10)17-13-9(19)6-8(18-16)7-12(13)21-11/h1-3,7H,4-6,15H2. The van der Waals surface area contributed by atoms with Crippen LogP contribution in [0, 0.1) is 0 Å². The predicted octanol–water partition coefficient (Wildman–Crippen LogP) is 1.02. The summed E-state index contributed by atoms with van der Waals surface area (Å²) in [5.41, 5.74) is 15.1. The number of fused-ring (bicyclic) bond motifs is 2. The Bertz CT molecular complexity index is 730. The Morgan fingerprint density at radius 1 is 1.48 bits per heavy atom. The molecule has 0 unspecified atom stereocenters. The summed E-state index contributed by atoms with van der Waals surface area (Å²) in [5, 5.41) is 0. The summed E-state index contributed by atoms with van der Waals surface area (Å²) in [7, 11) is 0. The molecule has 0 saturated heterocycles. The van der Waals surface area contributed by atoms with Crippen LogP contribution in [0.25, 0.3) is 5.53 Å². The fourth-order valence-corrected chi connectivity index (χ4v) is 2.13. The minimum absolute atomic E-state index is 0.0106. The molecule has 0 bridgehead atoms. The number of ketones is 1. The van der Waals surface area contributed by atoms with E-state index in [1.54, 1.807) is 18.2 Å². The molecule has 3 rings (SSSR count). The van der Waals surface area contributed by atoms with Crippen molar-refractivity contribution in [1.29, 1.82) is 0 Å². The maximum Gasteiger partial charge on any atom is 0.303 e. The van der Waals surface area contributed by atoms with Crippen molar-refractivity contribution in [3.05, 3.63) is 35.6 Å². The number of ether oxygens (including phenoxy) is 2. The monoisotopic (exact) mass is 284 g/mol. The van der Waals surface area contributed by atoms with E-state index in [1.165, 1.54) is 6.08 Å². The molecule has 7 nitrogen and oxygen atoms in total. The number of carbonyl (C=O) groups is 1. The van der Waals surface area contributed by atoms with Crippen LogP contribution in [0.3, 0.4) is 0 Å². The van der Waals surface area contributed by atoms with E-state index in [-0.39, 0.29) is 29.4 Å². The molecule has 0 aromatic heterocycles. The van der Waals surface area contributed by atoms with E-state index in [2.05, 4.69) is 9.78 Å². The van der Waals surface area contributed by atoms with Crippen molar-refractivity contribution in [2.24, 2.45) is 10.7 Å². The van der Waals surface area contributed by atoms with Crippen LogP contribution in [-0.2, 0) is 4.79 Å².